The van der Waals surface area contributed by atoms with Crippen LogP contribution in [0.2, 0.25) is 5.02 Å². The van der Waals surface area contributed by atoms with E-state index in [9.17, 15) is 19.8 Å². The molecule has 2 N–H and O–H groups in total. The van der Waals surface area contributed by atoms with E-state index in [1.54, 1.807) is 12.1 Å². The van der Waals surface area contributed by atoms with E-state index in [4.69, 9.17) is 11.6 Å². The van der Waals surface area contributed by atoms with E-state index in [1.807, 2.05) is 0 Å². The summed E-state index contributed by atoms with van der Waals surface area (Å²) >= 11 is 6.05. The number of rotatable bonds is 0. The number of ketones is 2. The van der Waals surface area contributed by atoms with Gasteiger partial charge in [-0.15, -0.1) is 0 Å². The lowest BCUT2D eigenvalue weighted by Crippen LogP contribution is -2.21. The van der Waals surface area contributed by atoms with Crippen LogP contribution in [0.15, 0.2) is 36.5 Å². The fourth-order valence-electron chi connectivity index (χ4n) is 2.91. The molecule has 0 radical (unpaired) electrons. The molecule has 23 heavy (non-hydrogen) atoms. The third kappa shape index (κ3) is 1.65. The lowest BCUT2D eigenvalue weighted by atomic mass is 9.82. The van der Waals surface area contributed by atoms with Crippen molar-refractivity contribution < 1.29 is 19.8 Å². The van der Waals surface area contributed by atoms with Gasteiger partial charge in [-0.2, -0.15) is 0 Å². The summed E-state index contributed by atoms with van der Waals surface area (Å²) in [5.41, 5.74) is -0.142. The zero-order valence-corrected chi connectivity index (χ0v) is 12.3. The summed E-state index contributed by atoms with van der Waals surface area (Å²) in [6, 6.07) is 7.69. The van der Waals surface area contributed by atoms with Gasteiger partial charge in [0.15, 0.2) is 17.3 Å². The maximum absolute atomic E-state index is 12.7. The number of halogens is 1. The highest BCUT2D eigenvalue weighted by Gasteiger charge is 2.36. The predicted molar refractivity (Wildman–Crippen MR) is 83.4 cm³/mol. The molecule has 1 aliphatic carbocycles. The smallest absolute Gasteiger partial charge is 0.198 e. The molecule has 3 aromatic rings. The topological polar surface area (TPSA) is 87.5 Å². The van der Waals surface area contributed by atoms with E-state index >= 15 is 0 Å². The van der Waals surface area contributed by atoms with Gasteiger partial charge in [-0.25, -0.2) is 0 Å². The molecule has 0 spiro atoms. The number of phenolic OH excluding ortho intramolecular Hbond substituents is 2. The van der Waals surface area contributed by atoms with Gasteiger partial charge in [0.2, 0.25) is 0 Å². The summed E-state index contributed by atoms with van der Waals surface area (Å²) in [5.74, 6) is -1.97. The average molecular weight is 326 g/mol. The van der Waals surface area contributed by atoms with Gasteiger partial charge in [-0.3, -0.25) is 14.6 Å². The van der Waals surface area contributed by atoms with Crippen molar-refractivity contribution in [3.63, 3.8) is 0 Å². The average Bonchev–Trinajstić information content (AvgIpc) is 2.55. The van der Waals surface area contributed by atoms with Crippen LogP contribution in [0, 0.1) is 0 Å². The van der Waals surface area contributed by atoms with Crippen LogP contribution < -0.4 is 0 Å². The van der Waals surface area contributed by atoms with Crippen molar-refractivity contribution >= 4 is 34.1 Å². The minimum atomic E-state index is -0.537. The molecule has 2 aromatic carbocycles. The zero-order chi connectivity index (χ0) is 16.3. The second-order valence-corrected chi connectivity index (χ2v) is 5.57. The Morgan fingerprint density at radius 2 is 1.43 bits per heavy atom. The van der Waals surface area contributed by atoms with E-state index in [1.165, 1.54) is 24.4 Å². The molecular weight excluding hydrogens is 318 g/mol. The predicted octanol–water partition coefficient (Wildman–Crippen LogP) is 3.07. The highest BCUT2D eigenvalue weighted by Crippen LogP contribution is 2.45. The molecule has 1 heterocycles. The monoisotopic (exact) mass is 325 g/mol. The number of fused-ring (bicyclic) bond motifs is 3. The molecule has 0 bridgehead atoms. The van der Waals surface area contributed by atoms with Crippen LogP contribution in [-0.4, -0.2) is 26.8 Å². The van der Waals surface area contributed by atoms with Gasteiger partial charge < -0.3 is 10.2 Å². The van der Waals surface area contributed by atoms with Gasteiger partial charge in [0.25, 0.3) is 0 Å². The van der Waals surface area contributed by atoms with Crippen LogP contribution >= 0.6 is 11.6 Å². The number of hydrogen-bond acceptors (Lipinski definition) is 5. The second kappa shape index (κ2) is 4.54. The summed E-state index contributed by atoms with van der Waals surface area (Å²) in [4.78, 5) is 29.3. The zero-order valence-electron chi connectivity index (χ0n) is 11.5. The summed E-state index contributed by atoms with van der Waals surface area (Å²) in [5, 5.41) is 21.1. The van der Waals surface area contributed by atoms with Gasteiger partial charge in [0, 0.05) is 17.3 Å². The fourth-order valence-corrected chi connectivity index (χ4v) is 3.15. The molecule has 1 aromatic heterocycles. The van der Waals surface area contributed by atoms with Gasteiger partial charge in [0.1, 0.15) is 11.3 Å². The van der Waals surface area contributed by atoms with Crippen molar-refractivity contribution in [3.05, 3.63) is 63.8 Å². The Hall–Kier alpha value is -2.92. The Bertz CT molecular complexity index is 1040. The normalized spacial score (nSPS) is 13.1. The Kier molecular flexibility index (Phi) is 2.71. The summed E-state index contributed by atoms with van der Waals surface area (Å²) < 4.78 is 0. The molecule has 6 heteroatoms. The molecule has 0 amide bonds. The molecule has 0 unspecified atom stereocenters. The first kappa shape index (κ1) is 13.7. The van der Waals surface area contributed by atoms with E-state index in [-0.39, 0.29) is 38.2 Å². The highest BCUT2D eigenvalue weighted by molar-refractivity contribution is 6.38. The summed E-state index contributed by atoms with van der Waals surface area (Å²) in [6.45, 7) is 0. The van der Waals surface area contributed by atoms with Gasteiger partial charge >= 0.3 is 0 Å². The van der Waals surface area contributed by atoms with Gasteiger partial charge in [-0.05, 0) is 6.07 Å². The number of phenols is 2. The molecule has 0 fully saturated rings. The maximum atomic E-state index is 12.7. The Balaban J connectivity index is 2.21. The molecule has 4 rings (SSSR count). The first-order valence-electron chi connectivity index (χ1n) is 6.73. The van der Waals surface area contributed by atoms with Crippen molar-refractivity contribution in [1.82, 2.24) is 4.98 Å². The van der Waals surface area contributed by atoms with Crippen LogP contribution in [0.1, 0.15) is 31.8 Å². The number of nitrogens with zero attached hydrogens (tertiary/aromatic N) is 1. The Morgan fingerprint density at radius 1 is 0.870 bits per heavy atom. The maximum Gasteiger partial charge on any atom is 0.198 e. The number of pyridine rings is 1. The van der Waals surface area contributed by atoms with Crippen LogP contribution in [0.4, 0.5) is 0 Å². The Labute approximate surface area is 134 Å². The fraction of sp³-hybridized carbons (Fsp3) is 0. The number of hydrogen-bond donors (Lipinski definition) is 2. The van der Waals surface area contributed by atoms with Crippen molar-refractivity contribution in [2.24, 2.45) is 0 Å². The number of aromatic hydroxyl groups is 2. The second-order valence-electron chi connectivity index (χ2n) is 5.17. The molecule has 112 valence electrons. The lowest BCUT2D eigenvalue weighted by Gasteiger charge is -2.20. The minimum Gasteiger partial charge on any atom is -0.506 e. The molecule has 0 saturated carbocycles. The molecule has 1 aliphatic rings. The van der Waals surface area contributed by atoms with E-state index in [2.05, 4.69) is 4.98 Å². The number of carbonyl (C=O) groups excluding carboxylic acids is 2. The lowest BCUT2D eigenvalue weighted by molar-refractivity contribution is 0.0974. The van der Waals surface area contributed by atoms with Crippen LogP contribution in [0.5, 0.6) is 11.5 Å². The molecular formula is C17H8ClNO4. The van der Waals surface area contributed by atoms with Gasteiger partial charge in [0.05, 0.1) is 21.5 Å². The highest BCUT2D eigenvalue weighted by atomic mass is 35.5. The molecule has 0 saturated heterocycles. The third-order valence-electron chi connectivity index (χ3n) is 3.96. The van der Waals surface area contributed by atoms with Crippen molar-refractivity contribution in [2.45, 2.75) is 0 Å². The minimum absolute atomic E-state index is 0.0192. The summed E-state index contributed by atoms with van der Waals surface area (Å²) in [7, 11) is 0. The van der Waals surface area contributed by atoms with Crippen LogP contribution in [0.3, 0.4) is 0 Å². The third-order valence-corrected chi connectivity index (χ3v) is 4.27. The van der Waals surface area contributed by atoms with Crippen LogP contribution in [-0.2, 0) is 0 Å². The number of carbonyl (C=O) groups is 2. The van der Waals surface area contributed by atoms with E-state index in [0.29, 0.717) is 0 Å². The SMILES string of the molecule is O=C1c2ccccc2C(=O)c2c1c(O)c1nccc(Cl)c1c2O. The standard InChI is InChI=1S/C17H8ClNO4/c18-9-5-6-19-13-10(9)16(22)11-12(17(13)23)15(21)8-4-2-1-3-7(8)14(11)20/h1-6,22-23H. The largest absolute Gasteiger partial charge is 0.506 e. The molecule has 0 atom stereocenters. The van der Waals surface area contributed by atoms with Crippen molar-refractivity contribution in [2.75, 3.05) is 0 Å². The molecule has 5 nitrogen and oxygen atoms in total. The summed E-state index contributed by atoms with van der Waals surface area (Å²) in [6.07, 6.45) is 1.35. The van der Waals surface area contributed by atoms with Crippen LogP contribution in [0.25, 0.3) is 10.9 Å². The van der Waals surface area contributed by atoms with Crippen molar-refractivity contribution in [1.29, 1.82) is 0 Å². The number of benzene rings is 2. The quantitative estimate of drug-likeness (QED) is 0.485. The van der Waals surface area contributed by atoms with E-state index < -0.39 is 23.1 Å². The first-order valence-corrected chi connectivity index (χ1v) is 7.10. The molecule has 0 aliphatic heterocycles. The number of aromatic nitrogens is 1. The van der Waals surface area contributed by atoms with E-state index in [0.717, 1.165) is 0 Å². The first-order chi connectivity index (χ1) is 11.0. The van der Waals surface area contributed by atoms with Gasteiger partial charge in [-0.1, -0.05) is 35.9 Å². The Morgan fingerprint density at radius 3 is 2.04 bits per heavy atom. The van der Waals surface area contributed by atoms with Crippen molar-refractivity contribution in [3.8, 4) is 11.5 Å².